The molecule has 0 saturated carbocycles. The molecule has 1 aliphatic heterocycles. The number of aryl methyl sites for hydroxylation is 1. The zero-order chi connectivity index (χ0) is 23.2. The Balaban J connectivity index is 1.49. The summed E-state index contributed by atoms with van der Waals surface area (Å²) in [5, 5.41) is 4.06. The second kappa shape index (κ2) is 10.9. The lowest BCUT2D eigenvalue weighted by molar-refractivity contribution is -0.113. The van der Waals surface area contributed by atoms with E-state index in [1.54, 1.807) is 13.1 Å². The van der Waals surface area contributed by atoms with Crippen LogP contribution in [0.2, 0.25) is 0 Å². The molecule has 0 radical (unpaired) electrons. The van der Waals surface area contributed by atoms with Crippen molar-refractivity contribution in [2.24, 2.45) is 0 Å². The molecule has 1 amide bonds. The van der Waals surface area contributed by atoms with Crippen molar-refractivity contribution in [3.63, 3.8) is 0 Å². The van der Waals surface area contributed by atoms with Crippen molar-refractivity contribution in [2.75, 3.05) is 24.2 Å². The van der Waals surface area contributed by atoms with E-state index in [9.17, 15) is 9.59 Å². The predicted octanol–water partition coefficient (Wildman–Crippen LogP) is 4.31. The summed E-state index contributed by atoms with van der Waals surface area (Å²) in [6.07, 6.45) is 2.42. The smallest absolute Gasteiger partial charge is 0.341 e. The highest BCUT2D eigenvalue weighted by molar-refractivity contribution is 7.99. The summed E-state index contributed by atoms with van der Waals surface area (Å²) in [7, 11) is 0. The third kappa shape index (κ3) is 5.98. The number of ether oxygens (including phenoxy) is 1. The van der Waals surface area contributed by atoms with Crippen molar-refractivity contribution in [1.82, 2.24) is 14.9 Å². The Hall–Kier alpha value is -2.75. The van der Waals surface area contributed by atoms with E-state index in [0.717, 1.165) is 42.2 Å². The van der Waals surface area contributed by atoms with Crippen molar-refractivity contribution in [3.8, 4) is 0 Å². The minimum absolute atomic E-state index is 0.161. The lowest BCUT2D eigenvalue weighted by Crippen LogP contribution is -2.30. The van der Waals surface area contributed by atoms with E-state index in [1.807, 2.05) is 31.2 Å². The average molecular weight is 483 g/mol. The highest BCUT2D eigenvalue weighted by Crippen LogP contribution is 2.38. The first kappa shape index (κ1) is 23.4. The summed E-state index contributed by atoms with van der Waals surface area (Å²) in [6, 6.07) is 12.2. The first-order valence-corrected chi connectivity index (χ1v) is 12.6. The fourth-order valence-electron chi connectivity index (χ4n) is 3.73. The minimum Gasteiger partial charge on any atom is -0.462 e. The summed E-state index contributed by atoms with van der Waals surface area (Å²) in [5.74, 6) is -0.416. The molecule has 4 rings (SSSR count). The molecule has 0 atom stereocenters. The number of benzene rings is 1. The van der Waals surface area contributed by atoms with Crippen LogP contribution in [-0.4, -0.2) is 45.6 Å². The van der Waals surface area contributed by atoms with Gasteiger partial charge in [0.25, 0.3) is 0 Å². The van der Waals surface area contributed by atoms with Crippen molar-refractivity contribution < 1.29 is 14.3 Å². The standard InChI is InChI=1S/C24H26N4O3S2/c1-3-31-23(30)21-18-10-12-28(13-17-7-5-4-6-8-17)14-19(18)33-22(21)27-20(29)15-32-24-25-11-9-16(2)26-24/h4-9,11H,3,10,12-15H2,1-2H3,(H,27,29). The maximum absolute atomic E-state index is 12.8. The minimum atomic E-state index is -0.378. The fourth-order valence-corrected chi connectivity index (χ4v) is 5.70. The van der Waals surface area contributed by atoms with Crippen molar-refractivity contribution >= 4 is 40.0 Å². The molecule has 172 valence electrons. The van der Waals surface area contributed by atoms with E-state index >= 15 is 0 Å². The summed E-state index contributed by atoms with van der Waals surface area (Å²) >= 11 is 2.74. The molecule has 0 unspecified atom stereocenters. The summed E-state index contributed by atoms with van der Waals surface area (Å²) in [6.45, 7) is 6.39. The van der Waals surface area contributed by atoms with E-state index in [2.05, 4.69) is 32.3 Å². The van der Waals surface area contributed by atoms with Gasteiger partial charge in [0.2, 0.25) is 5.91 Å². The highest BCUT2D eigenvalue weighted by atomic mass is 32.2. The van der Waals surface area contributed by atoms with Crippen LogP contribution in [0.15, 0.2) is 47.8 Å². The maximum Gasteiger partial charge on any atom is 0.341 e. The van der Waals surface area contributed by atoms with Crippen LogP contribution in [-0.2, 0) is 29.0 Å². The van der Waals surface area contributed by atoms with E-state index in [1.165, 1.54) is 28.7 Å². The molecule has 33 heavy (non-hydrogen) atoms. The van der Waals surface area contributed by atoms with Gasteiger partial charge < -0.3 is 10.1 Å². The van der Waals surface area contributed by atoms with Gasteiger partial charge in [-0.2, -0.15) is 0 Å². The number of amides is 1. The predicted molar refractivity (Wildman–Crippen MR) is 131 cm³/mol. The van der Waals surface area contributed by atoms with Crippen LogP contribution >= 0.6 is 23.1 Å². The van der Waals surface area contributed by atoms with Crippen molar-refractivity contribution in [3.05, 3.63) is 69.9 Å². The summed E-state index contributed by atoms with van der Waals surface area (Å²) in [4.78, 5) is 37.4. The number of fused-ring (bicyclic) bond motifs is 1. The lowest BCUT2D eigenvalue weighted by atomic mass is 10.0. The van der Waals surface area contributed by atoms with Gasteiger partial charge in [0.1, 0.15) is 5.00 Å². The number of thiophene rings is 1. The second-order valence-electron chi connectivity index (χ2n) is 7.69. The number of hydrogen-bond acceptors (Lipinski definition) is 8. The van der Waals surface area contributed by atoms with Gasteiger partial charge in [-0.3, -0.25) is 9.69 Å². The van der Waals surface area contributed by atoms with Crippen LogP contribution in [0.5, 0.6) is 0 Å². The van der Waals surface area contributed by atoms with Crippen LogP contribution in [0.25, 0.3) is 0 Å². The van der Waals surface area contributed by atoms with E-state index in [0.29, 0.717) is 15.7 Å². The van der Waals surface area contributed by atoms with Crippen LogP contribution in [0.1, 0.15) is 39.0 Å². The Morgan fingerprint density at radius 1 is 1.24 bits per heavy atom. The molecule has 1 aromatic carbocycles. The van der Waals surface area contributed by atoms with Gasteiger partial charge in [-0.15, -0.1) is 11.3 Å². The van der Waals surface area contributed by atoms with Crippen LogP contribution in [0.4, 0.5) is 5.00 Å². The Bertz CT molecular complexity index is 1130. The van der Waals surface area contributed by atoms with Gasteiger partial charge in [0.15, 0.2) is 5.16 Å². The Kier molecular flexibility index (Phi) is 7.74. The molecule has 7 nitrogen and oxygen atoms in total. The van der Waals surface area contributed by atoms with Gasteiger partial charge in [0.05, 0.1) is 17.9 Å². The van der Waals surface area contributed by atoms with Gasteiger partial charge >= 0.3 is 5.97 Å². The molecule has 1 N–H and O–H groups in total. The van der Waals surface area contributed by atoms with Gasteiger partial charge in [-0.25, -0.2) is 14.8 Å². The molecule has 3 aromatic rings. The van der Waals surface area contributed by atoms with E-state index < -0.39 is 0 Å². The number of rotatable bonds is 8. The lowest BCUT2D eigenvalue weighted by Gasteiger charge is -2.27. The zero-order valence-electron chi connectivity index (χ0n) is 18.7. The third-order valence-electron chi connectivity index (χ3n) is 5.22. The number of thioether (sulfide) groups is 1. The summed E-state index contributed by atoms with van der Waals surface area (Å²) < 4.78 is 5.32. The Labute approximate surface area is 201 Å². The quantitative estimate of drug-likeness (QED) is 0.291. The summed E-state index contributed by atoms with van der Waals surface area (Å²) in [5.41, 5.74) is 3.60. The molecule has 0 spiro atoms. The maximum atomic E-state index is 12.8. The van der Waals surface area contributed by atoms with Crippen molar-refractivity contribution in [1.29, 1.82) is 0 Å². The number of nitrogens with one attached hydrogen (secondary N) is 1. The third-order valence-corrected chi connectivity index (χ3v) is 7.22. The number of aromatic nitrogens is 2. The number of carbonyl (C=O) groups is 2. The first-order chi connectivity index (χ1) is 16.0. The Morgan fingerprint density at radius 3 is 2.82 bits per heavy atom. The molecule has 2 aromatic heterocycles. The van der Waals surface area contributed by atoms with Crippen LogP contribution < -0.4 is 5.32 Å². The topological polar surface area (TPSA) is 84.4 Å². The van der Waals surface area contributed by atoms with E-state index in [-0.39, 0.29) is 24.2 Å². The van der Waals surface area contributed by atoms with Crippen LogP contribution in [0, 0.1) is 6.92 Å². The fraction of sp³-hybridized carbons (Fsp3) is 0.333. The monoisotopic (exact) mass is 482 g/mol. The molecule has 9 heteroatoms. The van der Waals surface area contributed by atoms with Gasteiger partial charge in [0, 0.05) is 36.4 Å². The molecule has 0 aliphatic carbocycles. The Morgan fingerprint density at radius 2 is 2.06 bits per heavy atom. The number of esters is 1. The number of nitrogens with zero attached hydrogens (tertiary/aromatic N) is 3. The highest BCUT2D eigenvalue weighted by Gasteiger charge is 2.29. The number of carbonyl (C=O) groups excluding carboxylic acids is 2. The molecule has 0 bridgehead atoms. The largest absolute Gasteiger partial charge is 0.462 e. The zero-order valence-corrected chi connectivity index (χ0v) is 20.3. The number of anilines is 1. The molecule has 0 saturated heterocycles. The molecule has 1 aliphatic rings. The van der Waals surface area contributed by atoms with E-state index in [4.69, 9.17) is 4.74 Å². The number of hydrogen-bond donors (Lipinski definition) is 1. The average Bonchev–Trinajstić information content (AvgIpc) is 3.15. The molecular formula is C24H26N4O3S2. The SMILES string of the molecule is CCOC(=O)c1c(NC(=O)CSc2nccc(C)n2)sc2c1CCN(Cc1ccccc1)C2. The first-order valence-electron chi connectivity index (χ1n) is 10.8. The van der Waals surface area contributed by atoms with Crippen LogP contribution in [0.3, 0.4) is 0 Å². The molecule has 0 fully saturated rings. The van der Waals surface area contributed by atoms with Crippen molar-refractivity contribution in [2.45, 2.75) is 38.5 Å². The van der Waals surface area contributed by atoms with Gasteiger partial charge in [-0.1, -0.05) is 42.1 Å². The second-order valence-corrected chi connectivity index (χ2v) is 9.74. The normalized spacial score (nSPS) is 13.4. The molecular weight excluding hydrogens is 456 g/mol. The van der Waals surface area contributed by atoms with Gasteiger partial charge in [-0.05, 0) is 37.5 Å². The molecule has 3 heterocycles.